The molecular weight excluding hydrogens is 262 g/mol. The third-order valence-electron chi connectivity index (χ3n) is 3.01. The molecule has 0 aliphatic rings. The van der Waals surface area contributed by atoms with Gasteiger partial charge in [0, 0.05) is 26.2 Å². The van der Waals surface area contributed by atoms with Gasteiger partial charge in [0.05, 0.1) is 17.2 Å². The normalized spacial score (nSPS) is 12.2. The summed E-state index contributed by atoms with van der Waals surface area (Å²) in [6.07, 6.45) is 2.16. The van der Waals surface area contributed by atoms with Crippen molar-refractivity contribution in [1.82, 2.24) is 9.47 Å². The van der Waals surface area contributed by atoms with Crippen LogP contribution in [-0.4, -0.2) is 45.1 Å². The molecule has 1 atom stereocenters. The molecular formula is C13H21N3O4. The molecule has 1 N–H and O–H groups in total. The molecule has 7 heteroatoms. The number of hydrogen-bond donors (Lipinski definition) is 1. The Kier molecular flexibility index (Phi) is 5.69. The fourth-order valence-corrected chi connectivity index (χ4v) is 1.88. The van der Waals surface area contributed by atoms with E-state index in [1.54, 1.807) is 18.5 Å². The Hall–Kier alpha value is -1.89. The van der Waals surface area contributed by atoms with Gasteiger partial charge in [0.25, 0.3) is 11.6 Å². The zero-order valence-electron chi connectivity index (χ0n) is 12.1. The van der Waals surface area contributed by atoms with Crippen molar-refractivity contribution in [2.24, 2.45) is 0 Å². The first-order chi connectivity index (χ1) is 9.36. The first-order valence-corrected chi connectivity index (χ1v) is 6.64. The van der Waals surface area contributed by atoms with Gasteiger partial charge in [0.2, 0.25) is 0 Å². The number of rotatable bonds is 7. The van der Waals surface area contributed by atoms with Gasteiger partial charge in [-0.2, -0.15) is 0 Å². The molecule has 0 radical (unpaired) electrons. The van der Waals surface area contributed by atoms with Crippen LogP contribution in [-0.2, 0) is 6.54 Å². The summed E-state index contributed by atoms with van der Waals surface area (Å²) in [6, 6.07) is 1.30. The lowest BCUT2D eigenvalue weighted by Crippen LogP contribution is -2.31. The van der Waals surface area contributed by atoms with Crippen LogP contribution in [0.2, 0.25) is 0 Å². The maximum Gasteiger partial charge on any atom is 0.287 e. The molecule has 1 unspecified atom stereocenters. The number of carbonyl (C=O) groups excluding carboxylic acids is 1. The van der Waals surface area contributed by atoms with Crippen LogP contribution in [0.4, 0.5) is 5.69 Å². The summed E-state index contributed by atoms with van der Waals surface area (Å²) < 4.78 is 1.61. The van der Waals surface area contributed by atoms with Gasteiger partial charge in [0.15, 0.2) is 0 Å². The molecule has 1 amide bonds. The first-order valence-electron chi connectivity index (χ1n) is 6.64. The SMILES string of the molecule is CCCn1cc([N+](=O)[O-])cc1C(=O)N(C)CCC(C)O. The molecule has 20 heavy (non-hydrogen) atoms. The predicted molar refractivity (Wildman–Crippen MR) is 74.6 cm³/mol. The van der Waals surface area contributed by atoms with Crippen molar-refractivity contribution < 1.29 is 14.8 Å². The van der Waals surface area contributed by atoms with E-state index in [0.717, 1.165) is 6.42 Å². The lowest BCUT2D eigenvalue weighted by atomic mass is 10.2. The predicted octanol–water partition coefficient (Wildman–Crippen LogP) is 1.65. The second-order valence-electron chi connectivity index (χ2n) is 4.90. The highest BCUT2D eigenvalue weighted by molar-refractivity contribution is 5.93. The Morgan fingerprint density at radius 3 is 2.75 bits per heavy atom. The number of aryl methyl sites for hydroxylation is 1. The van der Waals surface area contributed by atoms with E-state index in [9.17, 15) is 20.0 Å². The van der Waals surface area contributed by atoms with E-state index in [1.807, 2.05) is 6.92 Å². The molecule has 0 bridgehead atoms. The maximum absolute atomic E-state index is 12.3. The van der Waals surface area contributed by atoms with Gasteiger partial charge in [-0.3, -0.25) is 14.9 Å². The molecule has 0 aliphatic carbocycles. The minimum Gasteiger partial charge on any atom is -0.393 e. The Bertz CT molecular complexity index is 482. The topological polar surface area (TPSA) is 88.6 Å². The molecule has 1 rings (SSSR count). The molecule has 0 spiro atoms. The van der Waals surface area contributed by atoms with E-state index in [-0.39, 0.29) is 11.6 Å². The largest absolute Gasteiger partial charge is 0.393 e. The molecule has 1 heterocycles. The molecule has 0 fully saturated rings. The van der Waals surface area contributed by atoms with E-state index < -0.39 is 11.0 Å². The molecule has 0 saturated heterocycles. The average Bonchev–Trinajstić information content (AvgIpc) is 2.79. The second kappa shape index (κ2) is 7.04. The van der Waals surface area contributed by atoms with Gasteiger partial charge >= 0.3 is 0 Å². The summed E-state index contributed by atoms with van der Waals surface area (Å²) in [5.41, 5.74) is 0.234. The zero-order chi connectivity index (χ0) is 15.3. The van der Waals surface area contributed by atoms with Gasteiger partial charge in [-0.05, 0) is 19.8 Å². The summed E-state index contributed by atoms with van der Waals surface area (Å²) in [5.74, 6) is -0.271. The van der Waals surface area contributed by atoms with Crippen molar-refractivity contribution in [3.05, 3.63) is 28.1 Å². The summed E-state index contributed by atoms with van der Waals surface area (Å²) in [6.45, 7) is 4.56. The number of aliphatic hydroxyl groups excluding tert-OH is 1. The molecule has 1 aromatic rings. The van der Waals surface area contributed by atoms with Crippen molar-refractivity contribution in [1.29, 1.82) is 0 Å². The summed E-state index contributed by atoms with van der Waals surface area (Å²) in [4.78, 5) is 24.1. The van der Waals surface area contributed by atoms with Crippen LogP contribution < -0.4 is 0 Å². The van der Waals surface area contributed by atoms with Crippen molar-refractivity contribution in [3.63, 3.8) is 0 Å². The highest BCUT2D eigenvalue weighted by Gasteiger charge is 2.21. The van der Waals surface area contributed by atoms with Crippen LogP contribution in [0.25, 0.3) is 0 Å². The summed E-state index contributed by atoms with van der Waals surface area (Å²) in [7, 11) is 1.62. The Morgan fingerprint density at radius 1 is 1.60 bits per heavy atom. The number of nitro groups is 1. The van der Waals surface area contributed by atoms with Crippen LogP contribution in [0, 0.1) is 10.1 Å². The van der Waals surface area contributed by atoms with Crippen LogP contribution in [0.1, 0.15) is 37.2 Å². The Labute approximate surface area is 118 Å². The molecule has 0 aliphatic heterocycles. The van der Waals surface area contributed by atoms with Crippen LogP contribution in [0.15, 0.2) is 12.3 Å². The lowest BCUT2D eigenvalue weighted by Gasteiger charge is -2.18. The molecule has 0 saturated carbocycles. The molecule has 1 aromatic heterocycles. The smallest absolute Gasteiger partial charge is 0.287 e. The highest BCUT2D eigenvalue weighted by atomic mass is 16.6. The van der Waals surface area contributed by atoms with Gasteiger partial charge in [-0.1, -0.05) is 6.92 Å². The van der Waals surface area contributed by atoms with Crippen LogP contribution in [0.3, 0.4) is 0 Å². The van der Waals surface area contributed by atoms with Crippen LogP contribution in [0.5, 0.6) is 0 Å². The quantitative estimate of drug-likeness (QED) is 0.608. The highest BCUT2D eigenvalue weighted by Crippen LogP contribution is 2.18. The fourth-order valence-electron chi connectivity index (χ4n) is 1.88. The fraction of sp³-hybridized carbons (Fsp3) is 0.615. The monoisotopic (exact) mass is 283 g/mol. The maximum atomic E-state index is 12.3. The van der Waals surface area contributed by atoms with Crippen molar-refractivity contribution in [3.8, 4) is 0 Å². The molecule has 112 valence electrons. The lowest BCUT2D eigenvalue weighted by molar-refractivity contribution is -0.384. The van der Waals surface area contributed by atoms with E-state index in [0.29, 0.717) is 25.2 Å². The average molecular weight is 283 g/mol. The van der Waals surface area contributed by atoms with Crippen molar-refractivity contribution in [2.45, 2.75) is 39.3 Å². The van der Waals surface area contributed by atoms with Crippen molar-refractivity contribution >= 4 is 11.6 Å². The van der Waals surface area contributed by atoms with Gasteiger partial charge < -0.3 is 14.6 Å². The number of amides is 1. The Morgan fingerprint density at radius 2 is 2.25 bits per heavy atom. The van der Waals surface area contributed by atoms with E-state index >= 15 is 0 Å². The minimum absolute atomic E-state index is 0.0780. The molecule has 7 nitrogen and oxygen atoms in total. The van der Waals surface area contributed by atoms with Crippen LogP contribution >= 0.6 is 0 Å². The van der Waals surface area contributed by atoms with Gasteiger partial charge in [-0.15, -0.1) is 0 Å². The number of aromatic nitrogens is 1. The standard InChI is InChI=1S/C13H21N3O4/c1-4-6-15-9-11(16(19)20)8-12(15)13(18)14(3)7-5-10(2)17/h8-10,17H,4-7H2,1-3H3. The van der Waals surface area contributed by atoms with Gasteiger partial charge in [0.1, 0.15) is 5.69 Å². The third-order valence-corrected chi connectivity index (χ3v) is 3.01. The second-order valence-corrected chi connectivity index (χ2v) is 4.90. The van der Waals surface area contributed by atoms with E-state index in [4.69, 9.17) is 0 Å². The van der Waals surface area contributed by atoms with Crippen molar-refractivity contribution in [2.75, 3.05) is 13.6 Å². The van der Waals surface area contributed by atoms with Gasteiger partial charge in [-0.25, -0.2) is 0 Å². The zero-order valence-corrected chi connectivity index (χ0v) is 12.1. The molecule has 0 aromatic carbocycles. The third kappa shape index (κ3) is 4.06. The number of hydrogen-bond acceptors (Lipinski definition) is 4. The Balaban J connectivity index is 2.92. The first kappa shape index (κ1) is 16.2. The summed E-state index contributed by atoms with van der Waals surface area (Å²) in [5, 5.41) is 20.0. The van der Waals surface area contributed by atoms with E-state index in [2.05, 4.69) is 0 Å². The summed E-state index contributed by atoms with van der Waals surface area (Å²) >= 11 is 0. The number of aliphatic hydroxyl groups is 1. The number of carbonyl (C=O) groups is 1. The minimum atomic E-state index is -0.501. The van der Waals surface area contributed by atoms with E-state index in [1.165, 1.54) is 17.2 Å². The number of nitrogens with zero attached hydrogens (tertiary/aromatic N) is 3.